The number of thiophene rings is 2. The summed E-state index contributed by atoms with van der Waals surface area (Å²) in [7, 11) is 1.75. The van der Waals surface area contributed by atoms with E-state index in [-0.39, 0.29) is 24.0 Å². The van der Waals surface area contributed by atoms with Gasteiger partial charge in [-0.1, -0.05) is 25.1 Å². The van der Waals surface area contributed by atoms with Crippen molar-refractivity contribution in [3.05, 3.63) is 57.6 Å². The summed E-state index contributed by atoms with van der Waals surface area (Å²) in [5.74, 6) is 1.12. The van der Waals surface area contributed by atoms with Crippen LogP contribution >= 0.6 is 46.7 Å². The molecule has 0 aliphatic heterocycles. The summed E-state index contributed by atoms with van der Waals surface area (Å²) < 4.78 is 1.20. The van der Waals surface area contributed by atoms with Crippen LogP contribution in [0.3, 0.4) is 0 Å². The van der Waals surface area contributed by atoms with Crippen LogP contribution in [0.1, 0.15) is 29.4 Å². The summed E-state index contributed by atoms with van der Waals surface area (Å²) in [6.07, 6.45) is -0.551. The van der Waals surface area contributed by atoms with Crippen LogP contribution < -0.4 is 10.6 Å². The minimum atomic E-state index is -0.551. The van der Waals surface area contributed by atoms with Crippen LogP contribution in [0.2, 0.25) is 0 Å². The average molecular weight is 501 g/mol. The zero-order valence-corrected chi connectivity index (χ0v) is 18.8. The second-order valence-electron chi connectivity index (χ2n) is 5.99. The third-order valence-electron chi connectivity index (χ3n) is 4.15. The molecular weight excluding hydrogens is 477 g/mol. The van der Waals surface area contributed by atoms with Gasteiger partial charge in [0.2, 0.25) is 0 Å². The van der Waals surface area contributed by atoms with Crippen LogP contribution in [0.25, 0.3) is 10.1 Å². The highest BCUT2D eigenvalue weighted by atomic mass is 127. The molecule has 0 aliphatic rings. The van der Waals surface area contributed by atoms with E-state index in [4.69, 9.17) is 0 Å². The van der Waals surface area contributed by atoms with E-state index in [0.717, 1.165) is 11.4 Å². The number of aliphatic hydroxyl groups is 1. The summed E-state index contributed by atoms with van der Waals surface area (Å²) in [5, 5.41) is 22.4. The molecule has 2 heterocycles. The van der Waals surface area contributed by atoms with Crippen molar-refractivity contribution in [2.75, 3.05) is 20.1 Å². The van der Waals surface area contributed by atoms with Gasteiger partial charge in [-0.25, -0.2) is 0 Å². The fourth-order valence-electron chi connectivity index (χ4n) is 2.60. The van der Waals surface area contributed by atoms with Crippen molar-refractivity contribution in [3.63, 3.8) is 0 Å². The SMILES string of the molecule is CN=C(NCC(C)c1ccsc1)NCC(O)c1cc2ccccc2s1.I. The van der Waals surface area contributed by atoms with E-state index < -0.39 is 6.10 Å². The second kappa shape index (κ2) is 10.2. The molecule has 26 heavy (non-hydrogen) atoms. The van der Waals surface area contributed by atoms with E-state index in [1.165, 1.54) is 15.6 Å². The van der Waals surface area contributed by atoms with Crippen molar-refractivity contribution < 1.29 is 5.11 Å². The average Bonchev–Trinajstić information content (AvgIpc) is 3.30. The Morgan fingerprint density at radius 1 is 1.19 bits per heavy atom. The number of nitrogens with zero attached hydrogens (tertiary/aromatic N) is 1. The van der Waals surface area contributed by atoms with Gasteiger partial charge >= 0.3 is 0 Å². The standard InChI is InChI=1S/C19H23N3OS2.HI/c1-13(15-7-8-24-12-15)10-21-19(20-2)22-11-16(23)18-9-14-5-3-4-6-17(14)25-18;/h3-9,12-13,16,23H,10-11H2,1-2H3,(H2,20,21,22);1H. The first-order valence-corrected chi connectivity index (χ1v) is 10.1. The zero-order chi connectivity index (χ0) is 17.6. The maximum atomic E-state index is 10.5. The molecule has 0 fully saturated rings. The summed E-state index contributed by atoms with van der Waals surface area (Å²) in [5.41, 5.74) is 1.33. The first-order chi connectivity index (χ1) is 12.2. The Balaban J connectivity index is 0.00000243. The topological polar surface area (TPSA) is 56.7 Å². The van der Waals surface area contributed by atoms with E-state index in [9.17, 15) is 5.11 Å². The second-order valence-corrected chi connectivity index (χ2v) is 7.89. The monoisotopic (exact) mass is 501 g/mol. The normalized spacial score (nSPS) is 13.9. The number of rotatable bonds is 6. The van der Waals surface area contributed by atoms with Crippen molar-refractivity contribution in [1.29, 1.82) is 0 Å². The molecule has 0 radical (unpaired) electrons. The maximum absolute atomic E-state index is 10.5. The molecule has 0 bridgehead atoms. The van der Waals surface area contributed by atoms with Crippen molar-refractivity contribution in [1.82, 2.24) is 10.6 Å². The Morgan fingerprint density at radius 2 is 1.96 bits per heavy atom. The lowest BCUT2D eigenvalue weighted by atomic mass is 10.1. The lowest BCUT2D eigenvalue weighted by Gasteiger charge is -2.17. The highest BCUT2D eigenvalue weighted by molar-refractivity contribution is 14.0. The number of fused-ring (bicyclic) bond motifs is 1. The molecule has 2 aromatic heterocycles. The largest absolute Gasteiger partial charge is 0.386 e. The molecule has 140 valence electrons. The minimum absolute atomic E-state index is 0. The van der Waals surface area contributed by atoms with E-state index in [1.807, 2.05) is 12.1 Å². The highest BCUT2D eigenvalue weighted by Crippen LogP contribution is 2.29. The van der Waals surface area contributed by atoms with Crippen molar-refractivity contribution in [2.24, 2.45) is 4.99 Å². The first kappa shape index (κ1) is 21.1. The molecule has 2 atom stereocenters. The predicted octanol–water partition coefficient (Wildman–Crippen LogP) is 4.58. The van der Waals surface area contributed by atoms with Crippen LogP contribution in [0.5, 0.6) is 0 Å². The van der Waals surface area contributed by atoms with E-state index in [1.54, 1.807) is 29.7 Å². The molecule has 3 N–H and O–H groups in total. The number of aliphatic hydroxyl groups excluding tert-OH is 1. The van der Waals surface area contributed by atoms with Gasteiger partial charge in [0.05, 0.1) is 0 Å². The van der Waals surface area contributed by atoms with Crippen molar-refractivity contribution in [3.8, 4) is 0 Å². The summed E-state index contributed by atoms with van der Waals surface area (Å²) in [4.78, 5) is 5.21. The van der Waals surface area contributed by atoms with Crippen molar-refractivity contribution >= 4 is 62.7 Å². The summed E-state index contributed by atoms with van der Waals surface area (Å²) in [6.45, 7) is 3.42. The number of hydrogen-bond donors (Lipinski definition) is 3. The zero-order valence-electron chi connectivity index (χ0n) is 14.8. The Labute approximate surface area is 179 Å². The van der Waals surface area contributed by atoms with Crippen LogP contribution in [0.4, 0.5) is 0 Å². The van der Waals surface area contributed by atoms with Gasteiger partial charge in [-0.2, -0.15) is 11.3 Å². The first-order valence-electron chi connectivity index (χ1n) is 8.30. The quantitative estimate of drug-likeness (QED) is 0.263. The molecule has 0 spiro atoms. The third-order valence-corrected chi connectivity index (χ3v) is 6.07. The fraction of sp³-hybridized carbons (Fsp3) is 0.316. The van der Waals surface area contributed by atoms with E-state index >= 15 is 0 Å². The lowest BCUT2D eigenvalue weighted by molar-refractivity contribution is 0.184. The number of guanidine groups is 1. The van der Waals surface area contributed by atoms with Gasteiger partial charge in [-0.15, -0.1) is 35.3 Å². The molecule has 0 aliphatic carbocycles. The van der Waals surface area contributed by atoms with Gasteiger partial charge < -0.3 is 15.7 Å². The molecule has 0 amide bonds. The lowest BCUT2D eigenvalue weighted by Crippen LogP contribution is -2.40. The molecular formula is C19H24IN3OS2. The molecule has 3 rings (SSSR count). The van der Waals surface area contributed by atoms with Gasteiger partial charge in [0.25, 0.3) is 0 Å². The molecule has 1 aromatic carbocycles. The molecule has 2 unspecified atom stereocenters. The highest BCUT2D eigenvalue weighted by Gasteiger charge is 2.13. The fourth-order valence-corrected chi connectivity index (χ4v) is 4.44. The number of hydrogen-bond acceptors (Lipinski definition) is 4. The number of nitrogens with one attached hydrogen (secondary N) is 2. The third kappa shape index (κ3) is 5.42. The number of aliphatic imine (C=N–C) groups is 1. The minimum Gasteiger partial charge on any atom is -0.386 e. The van der Waals surface area contributed by atoms with Gasteiger partial charge in [0.1, 0.15) is 6.10 Å². The molecule has 0 saturated carbocycles. The van der Waals surface area contributed by atoms with Gasteiger partial charge in [0.15, 0.2) is 5.96 Å². The van der Waals surface area contributed by atoms with Gasteiger partial charge in [-0.05, 0) is 45.8 Å². The number of halogens is 1. The Hall–Kier alpha value is -1.16. The van der Waals surface area contributed by atoms with Crippen molar-refractivity contribution in [2.45, 2.75) is 18.9 Å². The predicted molar refractivity (Wildman–Crippen MR) is 124 cm³/mol. The van der Waals surface area contributed by atoms with Crippen LogP contribution in [-0.4, -0.2) is 31.2 Å². The summed E-state index contributed by atoms with van der Waals surface area (Å²) >= 11 is 3.35. The van der Waals surface area contributed by atoms with Gasteiger partial charge in [-0.3, -0.25) is 4.99 Å². The Bertz CT molecular complexity index is 799. The smallest absolute Gasteiger partial charge is 0.191 e. The number of benzene rings is 1. The molecule has 7 heteroatoms. The van der Waals surface area contributed by atoms with Gasteiger partial charge in [0, 0.05) is 29.7 Å². The Morgan fingerprint density at radius 3 is 2.65 bits per heavy atom. The van der Waals surface area contributed by atoms with Crippen LogP contribution in [-0.2, 0) is 0 Å². The summed E-state index contributed by atoms with van der Waals surface area (Å²) in [6, 6.07) is 12.4. The molecule has 4 nitrogen and oxygen atoms in total. The Kier molecular flexibility index (Phi) is 8.33. The van der Waals surface area contributed by atoms with Crippen LogP contribution in [0.15, 0.2) is 52.2 Å². The van der Waals surface area contributed by atoms with E-state index in [2.05, 4.69) is 57.6 Å². The van der Waals surface area contributed by atoms with E-state index in [0.29, 0.717) is 18.4 Å². The molecule has 0 saturated heterocycles. The van der Waals surface area contributed by atoms with Crippen LogP contribution in [0, 0.1) is 0 Å². The maximum Gasteiger partial charge on any atom is 0.191 e. The molecule has 3 aromatic rings.